The predicted molar refractivity (Wildman–Crippen MR) is 85.0 cm³/mol. The van der Waals surface area contributed by atoms with Crippen molar-refractivity contribution >= 4 is 40.8 Å². The van der Waals surface area contributed by atoms with Crippen LogP contribution in [0.25, 0.3) is 0 Å². The molecule has 0 aromatic heterocycles. The molecule has 1 N–H and O–H groups in total. The summed E-state index contributed by atoms with van der Waals surface area (Å²) in [5, 5.41) is 9.61. The first kappa shape index (κ1) is 16.9. The molecule has 22 heavy (non-hydrogen) atoms. The van der Waals surface area contributed by atoms with E-state index in [0.717, 1.165) is 5.56 Å². The van der Waals surface area contributed by atoms with Gasteiger partial charge in [-0.05, 0) is 23.8 Å². The highest BCUT2D eigenvalue weighted by Crippen LogP contribution is 2.33. The molecule has 0 aliphatic heterocycles. The Morgan fingerprint density at radius 2 is 1.64 bits per heavy atom. The van der Waals surface area contributed by atoms with Gasteiger partial charge in [0.05, 0.1) is 21.7 Å². The molecule has 0 amide bonds. The van der Waals surface area contributed by atoms with E-state index in [2.05, 4.69) is 0 Å². The van der Waals surface area contributed by atoms with Gasteiger partial charge in [0, 0.05) is 6.07 Å². The van der Waals surface area contributed by atoms with Gasteiger partial charge in [-0.15, -0.1) is 0 Å². The fraction of sp³-hybridized carbons (Fsp3) is 0.133. The lowest BCUT2D eigenvalue weighted by atomic mass is 10.2. The van der Waals surface area contributed by atoms with Crippen LogP contribution in [0.3, 0.4) is 0 Å². The Balaban J connectivity index is 1.94. The van der Waals surface area contributed by atoms with Gasteiger partial charge >= 0.3 is 5.97 Å². The van der Waals surface area contributed by atoms with Crippen LogP contribution in [0.2, 0.25) is 15.1 Å². The first-order valence-electron chi connectivity index (χ1n) is 6.17. The molecule has 0 radical (unpaired) electrons. The minimum Gasteiger partial charge on any atom is -0.482 e. The number of aliphatic hydroxyl groups is 1. The molecule has 2 aromatic carbocycles. The lowest BCUT2D eigenvalue weighted by Gasteiger charge is -2.09. The van der Waals surface area contributed by atoms with Crippen LogP contribution in [-0.4, -0.2) is 17.7 Å². The zero-order valence-corrected chi connectivity index (χ0v) is 13.5. The van der Waals surface area contributed by atoms with Gasteiger partial charge in [0.25, 0.3) is 0 Å². The lowest BCUT2D eigenvalue weighted by molar-refractivity contribution is -0.136. The zero-order valence-electron chi connectivity index (χ0n) is 11.2. The maximum Gasteiger partial charge on any atom is 0.349 e. The van der Waals surface area contributed by atoms with E-state index >= 15 is 0 Å². The number of ether oxygens (including phenoxy) is 2. The summed E-state index contributed by atoms with van der Waals surface area (Å²) in [6.45, 7) is -0.354. The molecule has 2 aromatic rings. The van der Waals surface area contributed by atoms with Crippen LogP contribution in [-0.2, 0) is 11.4 Å². The van der Waals surface area contributed by atoms with Crippen molar-refractivity contribution in [2.75, 3.05) is 6.61 Å². The van der Waals surface area contributed by atoms with E-state index in [1.54, 1.807) is 24.3 Å². The molecule has 4 nitrogen and oxygen atoms in total. The topological polar surface area (TPSA) is 55.8 Å². The number of carbonyl (C=O) groups excluding carboxylic acids is 1. The van der Waals surface area contributed by atoms with Crippen molar-refractivity contribution in [3.05, 3.63) is 57.0 Å². The Labute approximate surface area is 142 Å². The van der Waals surface area contributed by atoms with Gasteiger partial charge < -0.3 is 14.6 Å². The standard InChI is InChI=1S/C15H11Cl3O4/c16-11-5-13(18)14(6-12(11)17)22-15(20)8-21-10-3-1-9(7-19)2-4-10/h1-6,19H,7-8H2. The van der Waals surface area contributed by atoms with Crippen molar-refractivity contribution in [3.63, 3.8) is 0 Å². The maximum absolute atomic E-state index is 11.7. The number of hydrogen-bond acceptors (Lipinski definition) is 4. The van der Waals surface area contributed by atoms with Crippen molar-refractivity contribution in [2.24, 2.45) is 0 Å². The minimum absolute atomic E-state index is 0.0574. The molecule has 0 aliphatic carbocycles. The molecule has 0 bridgehead atoms. The van der Waals surface area contributed by atoms with Gasteiger partial charge in [0.1, 0.15) is 5.75 Å². The minimum atomic E-state index is -0.633. The number of rotatable bonds is 5. The second-order valence-electron chi connectivity index (χ2n) is 4.26. The molecule has 0 atom stereocenters. The molecule has 2 rings (SSSR count). The molecule has 0 saturated heterocycles. The summed E-state index contributed by atoms with van der Waals surface area (Å²) >= 11 is 17.5. The summed E-state index contributed by atoms with van der Waals surface area (Å²) in [5.41, 5.74) is 0.748. The molecular weight excluding hydrogens is 351 g/mol. The summed E-state index contributed by atoms with van der Waals surface area (Å²) in [6.07, 6.45) is 0. The number of halogens is 3. The van der Waals surface area contributed by atoms with Gasteiger partial charge in [-0.25, -0.2) is 4.79 Å². The molecule has 0 saturated carbocycles. The summed E-state index contributed by atoms with van der Waals surface area (Å²) in [4.78, 5) is 11.7. The van der Waals surface area contributed by atoms with Gasteiger partial charge in [-0.1, -0.05) is 46.9 Å². The van der Waals surface area contributed by atoms with Crippen LogP contribution in [0.1, 0.15) is 5.56 Å². The van der Waals surface area contributed by atoms with Crippen LogP contribution >= 0.6 is 34.8 Å². The smallest absolute Gasteiger partial charge is 0.349 e. The van der Waals surface area contributed by atoms with Crippen LogP contribution in [0.4, 0.5) is 0 Å². The second kappa shape index (κ2) is 7.70. The summed E-state index contributed by atoms with van der Waals surface area (Å²) in [6, 6.07) is 9.42. The second-order valence-corrected chi connectivity index (χ2v) is 5.48. The van der Waals surface area contributed by atoms with Crippen molar-refractivity contribution in [2.45, 2.75) is 6.61 Å². The monoisotopic (exact) mass is 360 g/mol. The molecule has 7 heteroatoms. The van der Waals surface area contributed by atoms with Crippen molar-refractivity contribution in [1.29, 1.82) is 0 Å². The summed E-state index contributed by atoms with van der Waals surface area (Å²) < 4.78 is 10.3. The van der Waals surface area contributed by atoms with Crippen LogP contribution < -0.4 is 9.47 Å². The SMILES string of the molecule is O=C(COc1ccc(CO)cc1)Oc1cc(Cl)c(Cl)cc1Cl. The van der Waals surface area contributed by atoms with Crippen LogP contribution in [0, 0.1) is 0 Å². The van der Waals surface area contributed by atoms with E-state index in [1.807, 2.05) is 0 Å². The Hall–Kier alpha value is -1.46. The quantitative estimate of drug-likeness (QED) is 0.494. The third kappa shape index (κ3) is 4.52. The third-order valence-electron chi connectivity index (χ3n) is 2.66. The van der Waals surface area contributed by atoms with Gasteiger partial charge in [0.2, 0.25) is 0 Å². The number of esters is 1. The van der Waals surface area contributed by atoms with E-state index in [4.69, 9.17) is 49.4 Å². The Kier molecular flexibility index (Phi) is 5.91. The highest BCUT2D eigenvalue weighted by Gasteiger charge is 2.12. The maximum atomic E-state index is 11.7. The number of benzene rings is 2. The molecule has 0 spiro atoms. The van der Waals surface area contributed by atoms with E-state index in [1.165, 1.54) is 12.1 Å². The molecule has 0 aliphatic rings. The predicted octanol–water partition coefficient (Wildman–Crippen LogP) is 4.12. The fourth-order valence-corrected chi connectivity index (χ4v) is 2.14. The van der Waals surface area contributed by atoms with E-state index in [0.29, 0.717) is 5.75 Å². The van der Waals surface area contributed by atoms with E-state index in [9.17, 15) is 4.79 Å². The molecule has 0 unspecified atom stereocenters. The Morgan fingerprint density at radius 1 is 1.00 bits per heavy atom. The molecule has 0 fully saturated rings. The average Bonchev–Trinajstić information content (AvgIpc) is 2.51. The summed E-state index contributed by atoms with van der Waals surface area (Å²) in [7, 11) is 0. The largest absolute Gasteiger partial charge is 0.482 e. The molecule has 116 valence electrons. The Bertz CT molecular complexity index is 671. The van der Waals surface area contributed by atoms with Crippen LogP contribution in [0.5, 0.6) is 11.5 Å². The highest BCUT2D eigenvalue weighted by atomic mass is 35.5. The first-order valence-corrected chi connectivity index (χ1v) is 7.31. The summed E-state index contributed by atoms with van der Waals surface area (Å²) in [5.74, 6) is -0.0406. The molecular formula is C15H11Cl3O4. The van der Waals surface area contributed by atoms with Crippen LogP contribution in [0.15, 0.2) is 36.4 Å². The highest BCUT2D eigenvalue weighted by molar-refractivity contribution is 6.43. The van der Waals surface area contributed by atoms with Gasteiger partial charge in [0.15, 0.2) is 12.4 Å². The van der Waals surface area contributed by atoms with E-state index < -0.39 is 5.97 Å². The average molecular weight is 362 g/mol. The van der Waals surface area contributed by atoms with E-state index in [-0.39, 0.29) is 34.0 Å². The van der Waals surface area contributed by atoms with Crippen molar-refractivity contribution < 1.29 is 19.4 Å². The lowest BCUT2D eigenvalue weighted by Crippen LogP contribution is -2.17. The van der Waals surface area contributed by atoms with Crippen molar-refractivity contribution in [1.82, 2.24) is 0 Å². The third-order valence-corrected chi connectivity index (χ3v) is 3.68. The number of hydrogen-bond donors (Lipinski definition) is 1. The fourth-order valence-electron chi connectivity index (χ4n) is 1.57. The first-order chi connectivity index (χ1) is 10.5. The molecule has 0 heterocycles. The van der Waals surface area contributed by atoms with Gasteiger partial charge in [-0.3, -0.25) is 0 Å². The zero-order chi connectivity index (χ0) is 16.1. The number of carbonyl (C=O) groups is 1. The number of aliphatic hydroxyl groups excluding tert-OH is 1. The van der Waals surface area contributed by atoms with Crippen molar-refractivity contribution in [3.8, 4) is 11.5 Å². The normalized spacial score (nSPS) is 10.4. The van der Waals surface area contributed by atoms with Gasteiger partial charge in [-0.2, -0.15) is 0 Å². The Morgan fingerprint density at radius 3 is 2.27 bits per heavy atom.